The van der Waals surface area contributed by atoms with Gasteiger partial charge in [-0.2, -0.15) is 0 Å². The average molecular weight is 1410 g/mol. The fourth-order valence-corrected chi connectivity index (χ4v) is 24.3. The van der Waals surface area contributed by atoms with Gasteiger partial charge in [-0.15, -0.1) is 56.7 Å². The summed E-state index contributed by atoms with van der Waals surface area (Å²) in [6.07, 6.45) is 0. The van der Waals surface area contributed by atoms with Crippen molar-refractivity contribution in [3.05, 3.63) is 279 Å². The summed E-state index contributed by atoms with van der Waals surface area (Å²) in [6.45, 7) is 0. The summed E-state index contributed by atoms with van der Waals surface area (Å²) in [4.78, 5) is 29.3. The summed E-state index contributed by atoms with van der Waals surface area (Å²) >= 11 is 12.8. The van der Waals surface area contributed by atoms with Gasteiger partial charge in [-0.25, -0.2) is 19.9 Å². The lowest BCUT2D eigenvalue weighted by Crippen LogP contribution is -2.04. The number of para-hydroxylation sites is 2. The minimum atomic E-state index is 0.700. The Labute approximate surface area is 603 Å². The van der Waals surface area contributed by atoms with Gasteiger partial charge in [-0.05, 0) is 83.6 Å². The number of hydrogen-bond acceptors (Lipinski definition) is 11. The van der Waals surface area contributed by atoms with E-state index in [-0.39, 0.29) is 0 Å². The molecule has 10 heterocycles. The van der Waals surface area contributed by atoms with Crippen LogP contribution in [-0.2, 0) is 0 Å². The number of rotatable bonds is 4. The molecule has 0 aliphatic carbocycles. The van der Waals surface area contributed by atoms with Crippen LogP contribution in [0, 0.1) is 0 Å². The van der Waals surface area contributed by atoms with E-state index in [0.29, 0.717) is 11.9 Å². The molecular formula is C88H46N6S7. The van der Waals surface area contributed by atoms with E-state index in [1.807, 2.05) is 57.5 Å². The predicted molar refractivity (Wildman–Crippen MR) is 438 cm³/mol. The summed E-state index contributed by atoms with van der Waals surface area (Å²) in [5, 5.41) is 22.4. The van der Waals surface area contributed by atoms with E-state index in [1.54, 1.807) is 22.7 Å². The second-order valence-corrected chi connectivity index (χ2v) is 33.1. The highest BCUT2D eigenvalue weighted by molar-refractivity contribution is 8.05. The zero-order chi connectivity index (χ0) is 65.7. The maximum absolute atomic E-state index is 5.67. The summed E-state index contributed by atoms with van der Waals surface area (Å²) in [5.41, 5.74) is 8.75. The van der Waals surface area contributed by atoms with E-state index in [9.17, 15) is 0 Å². The Balaban J connectivity index is 0.000000125. The van der Waals surface area contributed by atoms with Gasteiger partial charge >= 0.3 is 0 Å². The Morgan fingerprint density at radius 3 is 1.19 bits per heavy atom. The fraction of sp³-hybridized carbons (Fsp3) is 0. The van der Waals surface area contributed by atoms with Crippen molar-refractivity contribution >= 4 is 246 Å². The summed E-state index contributed by atoms with van der Waals surface area (Å²) in [7, 11) is 0. The Bertz CT molecular complexity index is 7570. The van der Waals surface area contributed by atoms with Crippen LogP contribution in [0.3, 0.4) is 0 Å². The average Bonchev–Trinajstić information content (AvgIpc) is 1.54. The van der Waals surface area contributed by atoms with E-state index in [4.69, 9.17) is 19.9 Å². The van der Waals surface area contributed by atoms with Crippen LogP contribution in [0.25, 0.3) is 201 Å². The lowest BCUT2D eigenvalue weighted by atomic mass is 10.00. The molecule has 0 spiro atoms. The molecule has 0 fully saturated rings. The Kier molecular flexibility index (Phi) is 12.3. The molecule has 1 aliphatic heterocycles. The molecule has 13 heteroatoms. The van der Waals surface area contributed by atoms with Crippen molar-refractivity contribution in [3.63, 3.8) is 0 Å². The third-order valence-electron chi connectivity index (χ3n) is 20.3. The highest BCUT2D eigenvalue weighted by Gasteiger charge is 2.29. The minimum Gasteiger partial charge on any atom is -0.277 e. The molecule has 0 unspecified atom stereocenters. The van der Waals surface area contributed by atoms with Crippen molar-refractivity contribution in [2.45, 2.75) is 19.6 Å². The molecule has 0 atom stereocenters. The highest BCUT2D eigenvalue weighted by atomic mass is 32.2. The van der Waals surface area contributed by atoms with Gasteiger partial charge in [-0.3, -0.25) is 9.13 Å². The minimum absolute atomic E-state index is 0.700. The monoisotopic (exact) mass is 1410 g/mol. The number of fused-ring (bicyclic) bond motifs is 31. The Morgan fingerprint density at radius 1 is 0.248 bits per heavy atom. The molecule has 0 bridgehead atoms. The largest absolute Gasteiger partial charge is 0.277 e. The molecule has 0 radical (unpaired) electrons. The highest BCUT2D eigenvalue weighted by Crippen LogP contribution is 2.55. The lowest BCUT2D eigenvalue weighted by molar-refractivity contribution is 1.02. The zero-order valence-electron chi connectivity index (χ0n) is 53.1. The second-order valence-electron chi connectivity index (χ2n) is 25.7. The van der Waals surface area contributed by atoms with Crippen molar-refractivity contribution in [1.82, 2.24) is 29.1 Å². The van der Waals surface area contributed by atoms with Crippen LogP contribution in [0.15, 0.2) is 299 Å². The topological polar surface area (TPSA) is 61.4 Å². The molecule has 101 heavy (non-hydrogen) atoms. The zero-order valence-corrected chi connectivity index (χ0v) is 58.8. The molecule has 0 saturated heterocycles. The predicted octanol–water partition coefficient (Wildman–Crippen LogP) is 27.2. The van der Waals surface area contributed by atoms with Gasteiger partial charge in [0.15, 0.2) is 0 Å². The van der Waals surface area contributed by atoms with Crippen LogP contribution in [0.2, 0.25) is 0 Å². The van der Waals surface area contributed by atoms with Crippen LogP contribution in [0.4, 0.5) is 0 Å². The molecule has 24 rings (SSSR count). The van der Waals surface area contributed by atoms with Crippen LogP contribution < -0.4 is 0 Å². The molecule has 0 N–H and O–H groups in total. The van der Waals surface area contributed by atoms with Crippen LogP contribution in [-0.4, -0.2) is 29.1 Å². The van der Waals surface area contributed by atoms with E-state index < -0.39 is 0 Å². The fourth-order valence-electron chi connectivity index (χ4n) is 16.1. The van der Waals surface area contributed by atoms with Gasteiger partial charge in [0, 0.05) is 154 Å². The molecular weight excluding hydrogens is 1370 g/mol. The first-order valence-electron chi connectivity index (χ1n) is 33.5. The standard InChI is InChI=1S/C44H23N3S4.C44H23N3S3/c1-2-13-25-24(12-1)36-27-15-4-7-19-31(27)49-42(36)38-26-14-3-6-18-30(26)47(40(25)38)44-45-39(37-28-16-5-8-20-32(28)51-43(37)46-44)29-17-11-23-35-41(29)50-34-22-10-9-21-33(34)48-35;1-2-13-27-26(12-1)37-29-15-5-9-19-34(29)49-42(37)39-28-14-3-7-17-32(28)47(41(27)39)44-45-40(38-30-16-6-10-20-35(30)50-43(38)46-44)24-21-22-36-31(23-24)25-11-4-8-18-33(25)48-36/h1-23H;1-23H. The Hall–Kier alpha value is -10.8. The van der Waals surface area contributed by atoms with Crippen LogP contribution in [0.1, 0.15) is 0 Å². The van der Waals surface area contributed by atoms with E-state index in [0.717, 1.165) is 65.0 Å². The molecule has 14 aromatic carbocycles. The van der Waals surface area contributed by atoms with Gasteiger partial charge in [0.1, 0.15) is 9.66 Å². The molecule has 0 amide bonds. The maximum Gasteiger partial charge on any atom is 0.236 e. The first kappa shape index (κ1) is 57.0. The van der Waals surface area contributed by atoms with Gasteiger partial charge in [-0.1, -0.05) is 230 Å². The normalized spacial score (nSPS) is 12.7. The third kappa shape index (κ3) is 8.27. The number of thiophene rings is 5. The number of aromatic nitrogens is 6. The van der Waals surface area contributed by atoms with Crippen molar-refractivity contribution in [2.24, 2.45) is 0 Å². The van der Waals surface area contributed by atoms with Crippen molar-refractivity contribution in [1.29, 1.82) is 0 Å². The molecule has 23 aromatic rings. The number of hydrogen-bond donors (Lipinski definition) is 0. The molecule has 9 aromatic heterocycles. The van der Waals surface area contributed by atoms with E-state index >= 15 is 0 Å². The number of nitrogens with zero attached hydrogens (tertiary/aromatic N) is 6. The smallest absolute Gasteiger partial charge is 0.236 e. The first-order valence-corrected chi connectivity index (χ1v) is 39.2. The third-order valence-corrected chi connectivity index (χ3v) is 28.6. The van der Waals surface area contributed by atoms with E-state index in [1.165, 1.54) is 143 Å². The van der Waals surface area contributed by atoms with Gasteiger partial charge < -0.3 is 0 Å². The van der Waals surface area contributed by atoms with E-state index in [2.05, 4.69) is 288 Å². The first-order chi connectivity index (χ1) is 50.1. The van der Waals surface area contributed by atoms with Crippen LogP contribution in [0.5, 0.6) is 0 Å². The summed E-state index contributed by atoms with van der Waals surface area (Å²) in [6, 6.07) is 101. The molecule has 0 saturated carbocycles. The van der Waals surface area contributed by atoms with Gasteiger partial charge in [0.25, 0.3) is 0 Å². The molecule has 470 valence electrons. The molecule has 1 aliphatic rings. The summed E-state index contributed by atoms with van der Waals surface area (Å²) < 4.78 is 14.9. The second kappa shape index (κ2) is 21.8. The van der Waals surface area contributed by atoms with Crippen molar-refractivity contribution in [2.75, 3.05) is 0 Å². The Morgan fingerprint density at radius 2 is 0.644 bits per heavy atom. The van der Waals surface area contributed by atoms with Gasteiger partial charge in [0.05, 0.1) is 33.5 Å². The maximum atomic E-state index is 5.67. The van der Waals surface area contributed by atoms with Crippen LogP contribution >= 0.6 is 80.2 Å². The van der Waals surface area contributed by atoms with Crippen molar-refractivity contribution < 1.29 is 0 Å². The van der Waals surface area contributed by atoms with Gasteiger partial charge in [0.2, 0.25) is 11.9 Å². The number of benzene rings is 14. The lowest BCUT2D eigenvalue weighted by Gasteiger charge is -2.21. The molecule has 6 nitrogen and oxygen atoms in total. The summed E-state index contributed by atoms with van der Waals surface area (Å²) in [5.74, 6) is 1.40. The van der Waals surface area contributed by atoms with Crippen molar-refractivity contribution in [3.8, 4) is 34.4 Å². The SMILES string of the molecule is c1ccc2c(c1)Sc1cccc(-c3nc(-n4c5ccccc5c5c6sc7ccccc7c6c6ccccc6c54)nc4sc5ccccc5c34)c1S2.c1ccc2c(c1)sc1ccc(-c3nc(-n4c5ccccc5c5c6sc7ccccc7c6c6ccccc6c54)nc4sc5ccccc5c34)cc12. The quantitative estimate of drug-likeness (QED) is 0.175.